The molecule has 0 saturated carbocycles. The van der Waals surface area contributed by atoms with Gasteiger partial charge >= 0.3 is 25.7 Å². The van der Waals surface area contributed by atoms with E-state index in [2.05, 4.69) is 79.1 Å². The van der Waals surface area contributed by atoms with Gasteiger partial charge in [-0.25, -0.2) is 4.57 Å². The minimum Gasteiger partial charge on any atom is -0.480 e. The summed E-state index contributed by atoms with van der Waals surface area (Å²) in [5, 5.41) is 8.90. The van der Waals surface area contributed by atoms with Crippen molar-refractivity contribution in [2.45, 2.75) is 206 Å². The second-order valence-electron chi connectivity index (χ2n) is 15.5. The Balaban J connectivity index is 4.40. The van der Waals surface area contributed by atoms with Crippen LogP contribution in [0.4, 0.5) is 0 Å². The van der Waals surface area contributed by atoms with Gasteiger partial charge in [-0.05, 0) is 83.5 Å². The number of carboxylic acid groups (broad SMARTS) is 1. The molecule has 0 amide bonds. The number of aliphatic carboxylic acids is 1. The van der Waals surface area contributed by atoms with Crippen LogP contribution in [0.2, 0.25) is 0 Å². The number of esters is 2. The Labute approximate surface area is 364 Å². The smallest absolute Gasteiger partial charge is 0.472 e. The number of phosphoric acid groups is 1. The van der Waals surface area contributed by atoms with Crippen LogP contribution in [0, 0.1) is 0 Å². The number of unbranched alkanes of at least 4 members (excludes halogenated alkanes) is 19. The monoisotopic (exact) mass is 866 g/mol. The van der Waals surface area contributed by atoms with Gasteiger partial charge in [-0.3, -0.25) is 23.4 Å². The van der Waals surface area contributed by atoms with Crippen LogP contribution in [-0.4, -0.2) is 59.9 Å². The van der Waals surface area contributed by atoms with Gasteiger partial charge in [0.25, 0.3) is 0 Å². The molecule has 0 aromatic carbocycles. The van der Waals surface area contributed by atoms with Crippen molar-refractivity contribution in [3.63, 3.8) is 0 Å². The first-order chi connectivity index (χ1) is 29.1. The van der Waals surface area contributed by atoms with Crippen molar-refractivity contribution in [3.8, 4) is 0 Å². The summed E-state index contributed by atoms with van der Waals surface area (Å²) in [5.74, 6) is -2.42. The normalized spacial score (nSPS) is 14.2. The first-order valence-electron chi connectivity index (χ1n) is 23.3. The predicted octanol–water partition coefficient (Wildman–Crippen LogP) is 12.7. The maximum atomic E-state index is 12.6. The van der Waals surface area contributed by atoms with Gasteiger partial charge in [0, 0.05) is 12.8 Å². The number of hydrogen-bond donors (Lipinski definition) is 3. The third kappa shape index (κ3) is 41.9. The van der Waals surface area contributed by atoms with E-state index >= 15 is 0 Å². The highest BCUT2D eigenvalue weighted by atomic mass is 31.2. The molecule has 0 aromatic rings. The van der Waals surface area contributed by atoms with E-state index in [9.17, 15) is 23.8 Å². The van der Waals surface area contributed by atoms with Gasteiger partial charge in [0.1, 0.15) is 12.6 Å². The van der Waals surface area contributed by atoms with Gasteiger partial charge in [0.05, 0.1) is 13.2 Å². The molecule has 346 valence electrons. The lowest BCUT2D eigenvalue weighted by Crippen LogP contribution is -2.34. The van der Waals surface area contributed by atoms with Crippen molar-refractivity contribution in [1.82, 2.24) is 0 Å². The summed E-state index contributed by atoms with van der Waals surface area (Å²) in [5.41, 5.74) is 5.34. The number of allylic oxidation sites excluding steroid dienone is 10. The van der Waals surface area contributed by atoms with Crippen molar-refractivity contribution in [2.24, 2.45) is 5.73 Å². The molecule has 0 aromatic heterocycles. The van der Waals surface area contributed by atoms with Gasteiger partial charge in [-0.15, -0.1) is 0 Å². The molecule has 0 heterocycles. The second kappa shape index (κ2) is 42.9. The van der Waals surface area contributed by atoms with Crippen LogP contribution in [-0.2, 0) is 37.5 Å². The van der Waals surface area contributed by atoms with Crippen LogP contribution in [0.3, 0.4) is 0 Å². The molecule has 0 bridgehead atoms. The van der Waals surface area contributed by atoms with Crippen molar-refractivity contribution in [1.29, 1.82) is 0 Å². The molecule has 3 atom stereocenters. The summed E-state index contributed by atoms with van der Waals surface area (Å²) in [6.07, 6.45) is 49.9. The molecule has 0 aliphatic carbocycles. The first-order valence-corrected chi connectivity index (χ1v) is 24.8. The molecule has 0 saturated heterocycles. The summed E-state index contributed by atoms with van der Waals surface area (Å²) >= 11 is 0. The molecular formula is C48H84NO10P. The fourth-order valence-electron chi connectivity index (χ4n) is 6.04. The maximum absolute atomic E-state index is 12.6. The standard InChI is InChI=1S/C48H84NO10P/c1-3-5-7-9-11-13-15-17-19-21-22-24-26-28-30-32-34-36-38-40-47(51)59-44(42-57-60(54,55)58-43-45(49)48(52)53)41-56-46(50)39-37-35-33-31-29-27-25-23-20-18-16-14-12-10-8-6-4-2/h11,13-14,16-17,19,22,24,28,30,44-45H,3-10,12,15,18,20-21,23,25-27,29,31-43,49H2,1-2H3,(H,52,53)(H,54,55)/b13-11+,16-14+,19-17+,24-22+,30-28+/t44-,45+/m1/s1. The Morgan fingerprint density at radius 3 is 1.38 bits per heavy atom. The van der Waals surface area contributed by atoms with Gasteiger partial charge in [0.2, 0.25) is 0 Å². The Hall–Kier alpha value is -2.82. The number of ether oxygens (including phenoxy) is 2. The van der Waals surface area contributed by atoms with Gasteiger partial charge < -0.3 is 25.2 Å². The predicted molar refractivity (Wildman–Crippen MR) is 245 cm³/mol. The summed E-state index contributed by atoms with van der Waals surface area (Å²) in [4.78, 5) is 46.0. The van der Waals surface area contributed by atoms with Gasteiger partial charge in [-0.1, -0.05) is 158 Å². The number of carbonyl (C=O) groups excluding carboxylic acids is 2. The first kappa shape index (κ1) is 57.2. The maximum Gasteiger partial charge on any atom is 0.472 e. The molecule has 0 radical (unpaired) electrons. The molecule has 12 heteroatoms. The van der Waals surface area contributed by atoms with Crippen molar-refractivity contribution >= 4 is 25.7 Å². The number of carbonyl (C=O) groups is 3. The van der Waals surface area contributed by atoms with E-state index < -0.39 is 51.1 Å². The van der Waals surface area contributed by atoms with Crippen molar-refractivity contribution in [2.75, 3.05) is 19.8 Å². The third-order valence-corrected chi connectivity index (χ3v) is 10.7. The Kier molecular flexibility index (Phi) is 40.8. The quantitative estimate of drug-likeness (QED) is 0.0230. The summed E-state index contributed by atoms with van der Waals surface area (Å²) in [7, 11) is -4.73. The molecular weight excluding hydrogens is 781 g/mol. The number of carboxylic acids is 1. The number of phosphoric ester groups is 1. The van der Waals surface area contributed by atoms with Gasteiger partial charge in [0.15, 0.2) is 6.10 Å². The Morgan fingerprint density at radius 2 is 0.883 bits per heavy atom. The highest BCUT2D eigenvalue weighted by Crippen LogP contribution is 2.43. The van der Waals surface area contributed by atoms with E-state index in [1.165, 1.54) is 96.3 Å². The third-order valence-electron chi connectivity index (χ3n) is 9.74. The molecule has 60 heavy (non-hydrogen) atoms. The summed E-state index contributed by atoms with van der Waals surface area (Å²) < 4.78 is 32.7. The number of hydrogen-bond acceptors (Lipinski definition) is 9. The average Bonchev–Trinajstić information content (AvgIpc) is 3.22. The summed E-state index contributed by atoms with van der Waals surface area (Å²) in [6, 6.07) is -1.53. The van der Waals surface area contributed by atoms with E-state index in [0.29, 0.717) is 12.8 Å². The minimum atomic E-state index is -4.73. The topological polar surface area (TPSA) is 172 Å². The molecule has 0 rings (SSSR count). The largest absolute Gasteiger partial charge is 0.480 e. The highest BCUT2D eigenvalue weighted by molar-refractivity contribution is 7.47. The zero-order valence-corrected chi connectivity index (χ0v) is 38.4. The Bertz CT molecular complexity index is 1250. The zero-order valence-electron chi connectivity index (χ0n) is 37.5. The fourth-order valence-corrected chi connectivity index (χ4v) is 6.82. The van der Waals surface area contributed by atoms with E-state index in [4.69, 9.17) is 24.8 Å². The molecule has 1 unspecified atom stereocenters. The highest BCUT2D eigenvalue weighted by Gasteiger charge is 2.28. The van der Waals surface area contributed by atoms with E-state index in [0.717, 1.165) is 57.8 Å². The Morgan fingerprint density at radius 1 is 0.517 bits per heavy atom. The molecule has 4 N–H and O–H groups in total. The lowest BCUT2D eigenvalue weighted by molar-refractivity contribution is -0.161. The van der Waals surface area contributed by atoms with E-state index in [1.54, 1.807) is 0 Å². The minimum absolute atomic E-state index is 0.121. The van der Waals surface area contributed by atoms with Gasteiger partial charge in [-0.2, -0.15) is 0 Å². The van der Waals surface area contributed by atoms with Crippen LogP contribution in [0.15, 0.2) is 60.8 Å². The van der Waals surface area contributed by atoms with Crippen LogP contribution < -0.4 is 5.73 Å². The van der Waals surface area contributed by atoms with Crippen LogP contribution >= 0.6 is 7.82 Å². The zero-order chi connectivity index (χ0) is 44.2. The van der Waals surface area contributed by atoms with E-state index in [1.807, 2.05) is 0 Å². The van der Waals surface area contributed by atoms with Crippen molar-refractivity contribution in [3.05, 3.63) is 60.8 Å². The SMILES string of the molecule is CCCCC/C=C/C/C=C/C/C=C/C/C=C/CCCCCC(=O)O[C@H](COC(=O)CCCCCCCCCCC/C=C/CCCCCC)COP(=O)(O)OC[C@H](N)C(=O)O. The molecule has 11 nitrogen and oxygen atoms in total. The van der Waals surface area contributed by atoms with Crippen LogP contribution in [0.1, 0.15) is 194 Å². The molecule has 0 aliphatic heterocycles. The van der Waals surface area contributed by atoms with Crippen molar-refractivity contribution < 1.29 is 47.5 Å². The lowest BCUT2D eigenvalue weighted by Gasteiger charge is -2.20. The van der Waals surface area contributed by atoms with Crippen LogP contribution in [0.5, 0.6) is 0 Å². The number of rotatable bonds is 43. The second-order valence-corrected chi connectivity index (χ2v) is 17.0. The summed E-state index contributed by atoms with van der Waals surface area (Å²) in [6.45, 7) is 2.73. The lowest BCUT2D eigenvalue weighted by atomic mass is 10.1. The average molecular weight is 866 g/mol. The molecule has 0 spiro atoms. The van der Waals surface area contributed by atoms with E-state index in [-0.39, 0.29) is 19.4 Å². The van der Waals surface area contributed by atoms with Crippen LogP contribution in [0.25, 0.3) is 0 Å². The fraction of sp³-hybridized carbons (Fsp3) is 0.729. The number of nitrogens with two attached hydrogens (primary N) is 1. The molecule has 0 aliphatic rings. The molecule has 0 fully saturated rings.